The molecule has 2 N–H and O–H groups in total. The van der Waals surface area contributed by atoms with Crippen LogP contribution in [-0.4, -0.2) is 29.5 Å². The summed E-state index contributed by atoms with van der Waals surface area (Å²) in [6.07, 6.45) is 2.94. The Balaban J connectivity index is 1.74. The van der Waals surface area contributed by atoms with Gasteiger partial charge in [0.2, 0.25) is 0 Å². The van der Waals surface area contributed by atoms with E-state index in [-0.39, 0.29) is 5.39 Å². The lowest BCUT2D eigenvalue weighted by molar-refractivity contribution is 0.629. The van der Waals surface area contributed by atoms with Gasteiger partial charge >= 0.3 is 0 Å². The fourth-order valence-corrected chi connectivity index (χ4v) is 3.85. The molecule has 0 radical (unpaired) electrons. The molecule has 8 nitrogen and oxygen atoms in total. The number of rotatable bonds is 4. The standard InChI is InChI=1S/C22H17ClFN7O/c1-11-15(23)4-3-5-17(11)31-21(30-16-7-6-13(24)8-14(16)22(31)32)12(2)29-20-18-19(26-9-25-18)27-10-28-20/h3-10,12H,1-2H3,(H2,25,26,27,28,29). The van der Waals surface area contributed by atoms with E-state index in [1.165, 1.54) is 35.4 Å². The van der Waals surface area contributed by atoms with Crippen molar-refractivity contribution in [1.82, 2.24) is 29.5 Å². The van der Waals surface area contributed by atoms with Crippen LogP contribution in [0.15, 0.2) is 53.8 Å². The second kappa shape index (κ2) is 7.69. The number of anilines is 1. The predicted molar refractivity (Wildman–Crippen MR) is 121 cm³/mol. The summed E-state index contributed by atoms with van der Waals surface area (Å²) in [6.45, 7) is 3.68. The van der Waals surface area contributed by atoms with Crippen molar-refractivity contribution in [2.24, 2.45) is 0 Å². The minimum atomic E-state index is -0.507. The summed E-state index contributed by atoms with van der Waals surface area (Å²) < 4.78 is 15.4. The Labute approximate surface area is 186 Å². The Hall–Kier alpha value is -3.85. The molecule has 0 aliphatic carbocycles. The second-order valence-corrected chi connectivity index (χ2v) is 7.75. The third-order valence-corrected chi connectivity index (χ3v) is 5.71. The van der Waals surface area contributed by atoms with E-state index >= 15 is 0 Å². The van der Waals surface area contributed by atoms with Crippen LogP contribution in [0.25, 0.3) is 27.8 Å². The van der Waals surface area contributed by atoms with E-state index in [0.29, 0.717) is 44.6 Å². The first-order valence-electron chi connectivity index (χ1n) is 9.82. The molecule has 0 amide bonds. The smallest absolute Gasteiger partial charge is 0.266 e. The lowest BCUT2D eigenvalue weighted by Crippen LogP contribution is -2.28. The fraction of sp³-hybridized carbons (Fsp3) is 0.136. The van der Waals surface area contributed by atoms with E-state index in [0.717, 1.165) is 0 Å². The number of nitrogens with one attached hydrogen (secondary N) is 2. The summed E-state index contributed by atoms with van der Waals surface area (Å²) in [5.74, 6) is 0.431. The Kier molecular flexibility index (Phi) is 4.82. The SMILES string of the molecule is Cc1c(Cl)cccc1-n1c(C(C)Nc2ncnc3nc[nH]c23)nc2ccc(F)cc2c1=O. The van der Waals surface area contributed by atoms with Gasteiger partial charge in [0.1, 0.15) is 23.5 Å². The first kappa shape index (κ1) is 20.1. The number of hydrogen-bond donors (Lipinski definition) is 2. The molecule has 1 atom stereocenters. The number of halogens is 2. The second-order valence-electron chi connectivity index (χ2n) is 7.35. The maximum absolute atomic E-state index is 13.9. The summed E-state index contributed by atoms with van der Waals surface area (Å²) in [5.41, 5.74) is 2.43. The van der Waals surface area contributed by atoms with E-state index in [4.69, 9.17) is 16.6 Å². The third kappa shape index (κ3) is 3.27. The molecule has 160 valence electrons. The van der Waals surface area contributed by atoms with E-state index in [2.05, 4.69) is 25.3 Å². The van der Waals surface area contributed by atoms with Crippen LogP contribution in [0.5, 0.6) is 0 Å². The monoisotopic (exact) mass is 449 g/mol. The molecule has 3 aromatic heterocycles. The van der Waals surface area contributed by atoms with Crippen molar-refractivity contribution in [2.75, 3.05) is 5.32 Å². The van der Waals surface area contributed by atoms with Crippen molar-refractivity contribution in [1.29, 1.82) is 0 Å². The molecule has 32 heavy (non-hydrogen) atoms. The van der Waals surface area contributed by atoms with Crippen LogP contribution in [0.1, 0.15) is 24.4 Å². The van der Waals surface area contributed by atoms with E-state index < -0.39 is 17.4 Å². The topological polar surface area (TPSA) is 101 Å². The first-order chi connectivity index (χ1) is 15.4. The zero-order valence-corrected chi connectivity index (χ0v) is 17.9. The number of aromatic nitrogens is 6. The number of imidazole rings is 1. The number of H-pyrrole nitrogens is 1. The van der Waals surface area contributed by atoms with Gasteiger partial charge in [0, 0.05) is 5.02 Å². The van der Waals surface area contributed by atoms with Gasteiger partial charge in [-0.25, -0.2) is 24.3 Å². The maximum atomic E-state index is 13.9. The van der Waals surface area contributed by atoms with Gasteiger partial charge in [-0.1, -0.05) is 17.7 Å². The Morgan fingerprint density at radius 2 is 2.03 bits per heavy atom. The van der Waals surface area contributed by atoms with Crippen molar-refractivity contribution >= 4 is 39.5 Å². The number of fused-ring (bicyclic) bond motifs is 2. The molecule has 5 aromatic rings. The van der Waals surface area contributed by atoms with Crippen molar-refractivity contribution < 1.29 is 4.39 Å². The average Bonchev–Trinajstić information content (AvgIpc) is 3.26. The third-order valence-electron chi connectivity index (χ3n) is 5.30. The van der Waals surface area contributed by atoms with Gasteiger partial charge in [-0.2, -0.15) is 0 Å². The Morgan fingerprint density at radius 1 is 1.19 bits per heavy atom. The number of aromatic amines is 1. The number of nitrogens with zero attached hydrogens (tertiary/aromatic N) is 5. The highest BCUT2D eigenvalue weighted by Crippen LogP contribution is 2.27. The molecule has 0 saturated heterocycles. The van der Waals surface area contributed by atoms with Crippen LogP contribution >= 0.6 is 11.6 Å². The summed E-state index contributed by atoms with van der Waals surface area (Å²) in [7, 11) is 0. The van der Waals surface area contributed by atoms with Crippen LogP contribution < -0.4 is 10.9 Å². The van der Waals surface area contributed by atoms with Gasteiger partial charge in [-0.15, -0.1) is 0 Å². The van der Waals surface area contributed by atoms with Gasteiger partial charge in [0.25, 0.3) is 5.56 Å². The first-order valence-corrected chi connectivity index (χ1v) is 10.2. The molecule has 2 aromatic carbocycles. The Morgan fingerprint density at radius 3 is 2.88 bits per heavy atom. The van der Waals surface area contributed by atoms with Gasteiger partial charge in [0.05, 0.1) is 29.0 Å². The molecule has 0 spiro atoms. The van der Waals surface area contributed by atoms with Gasteiger partial charge < -0.3 is 10.3 Å². The largest absolute Gasteiger partial charge is 0.358 e. The molecule has 0 aliphatic heterocycles. The summed E-state index contributed by atoms with van der Waals surface area (Å²) in [4.78, 5) is 33.8. The van der Waals surface area contributed by atoms with Crippen LogP contribution in [0.2, 0.25) is 5.02 Å². The molecule has 0 saturated carbocycles. The van der Waals surface area contributed by atoms with Gasteiger partial charge in [-0.3, -0.25) is 9.36 Å². The quantitative estimate of drug-likeness (QED) is 0.423. The van der Waals surface area contributed by atoms with Crippen LogP contribution in [0.3, 0.4) is 0 Å². The van der Waals surface area contributed by atoms with E-state index in [9.17, 15) is 9.18 Å². The highest BCUT2D eigenvalue weighted by Gasteiger charge is 2.21. The average molecular weight is 450 g/mol. The molecular weight excluding hydrogens is 433 g/mol. The highest BCUT2D eigenvalue weighted by molar-refractivity contribution is 6.31. The number of hydrogen-bond acceptors (Lipinski definition) is 6. The van der Waals surface area contributed by atoms with Crippen molar-refractivity contribution in [2.45, 2.75) is 19.9 Å². The molecule has 0 bridgehead atoms. The van der Waals surface area contributed by atoms with Crippen molar-refractivity contribution in [3.05, 3.63) is 81.6 Å². The summed E-state index contributed by atoms with van der Waals surface area (Å²) in [6, 6.07) is 8.80. The molecule has 5 rings (SSSR count). The van der Waals surface area contributed by atoms with Gasteiger partial charge in [-0.05, 0) is 49.7 Å². The van der Waals surface area contributed by atoms with Crippen molar-refractivity contribution in [3.63, 3.8) is 0 Å². The number of benzene rings is 2. The van der Waals surface area contributed by atoms with E-state index in [1.807, 2.05) is 13.8 Å². The van der Waals surface area contributed by atoms with Gasteiger partial charge in [0.15, 0.2) is 11.5 Å². The normalized spacial score (nSPS) is 12.4. The lowest BCUT2D eigenvalue weighted by Gasteiger charge is -2.21. The lowest BCUT2D eigenvalue weighted by atomic mass is 10.1. The molecule has 0 fully saturated rings. The Bertz CT molecular complexity index is 1550. The maximum Gasteiger partial charge on any atom is 0.266 e. The molecule has 1 unspecified atom stereocenters. The van der Waals surface area contributed by atoms with Crippen LogP contribution in [0, 0.1) is 12.7 Å². The minimum Gasteiger partial charge on any atom is -0.358 e. The molecule has 10 heteroatoms. The van der Waals surface area contributed by atoms with Crippen LogP contribution in [0.4, 0.5) is 10.2 Å². The molecular formula is C22H17ClFN7O. The fourth-order valence-electron chi connectivity index (χ4n) is 3.68. The summed E-state index contributed by atoms with van der Waals surface area (Å²) in [5, 5.41) is 3.97. The van der Waals surface area contributed by atoms with E-state index in [1.54, 1.807) is 18.2 Å². The summed E-state index contributed by atoms with van der Waals surface area (Å²) >= 11 is 6.33. The predicted octanol–water partition coefficient (Wildman–Crippen LogP) is 4.33. The van der Waals surface area contributed by atoms with Crippen LogP contribution in [-0.2, 0) is 0 Å². The zero-order valence-electron chi connectivity index (χ0n) is 17.1. The molecule has 3 heterocycles. The highest BCUT2D eigenvalue weighted by atomic mass is 35.5. The molecule has 0 aliphatic rings. The minimum absolute atomic E-state index is 0.179. The zero-order chi connectivity index (χ0) is 22.4. The van der Waals surface area contributed by atoms with Crippen molar-refractivity contribution in [3.8, 4) is 5.69 Å².